The first kappa shape index (κ1) is 15.3. The lowest BCUT2D eigenvalue weighted by atomic mass is 10.2. The predicted octanol–water partition coefficient (Wildman–Crippen LogP) is 5.05. The van der Waals surface area contributed by atoms with E-state index in [-0.39, 0.29) is 5.91 Å². The van der Waals surface area contributed by atoms with Gasteiger partial charge >= 0.3 is 0 Å². The lowest BCUT2D eigenvalue weighted by Crippen LogP contribution is -2.27. The van der Waals surface area contributed by atoms with Gasteiger partial charge in [-0.2, -0.15) is 0 Å². The van der Waals surface area contributed by atoms with Crippen LogP contribution in [0, 0.1) is 6.92 Å². The zero-order valence-electron chi connectivity index (χ0n) is 11.7. The number of hydrogen-bond donors (Lipinski definition) is 0. The summed E-state index contributed by atoms with van der Waals surface area (Å²) in [6.45, 7) is 2.01. The number of carbonyl (C=O) groups is 1. The van der Waals surface area contributed by atoms with Crippen LogP contribution in [0.25, 0.3) is 6.08 Å². The van der Waals surface area contributed by atoms with Gasteiger partial charge in [-0.05, 0) is 42.8 Å². The first-order valence-electron chi connectivity index (χ1n) is 6.65. The zero-order valence-corrected chi connectivity index (χ0v) is 14.1. The van der Waals surface area contributed by atoms with Crippen LogP contribution in [-0.2, 0) is 4.79 Å². The summed E-state index contributed by atoms with van der Waals surface area (Å²) in [6, 6.07) is 15.1. The summed E-state index contributed by atoms with van der Waals surface area (Å²) in [5.74, 6) is -0.0891. The SMILES string of the molecule is Cc1ccc(N2C(=O)C(=Cc3ccc(Cl)cc3)SC2=S)cc1. The second kappa shape index (κ2) is 6.24. The van der Waals surface area contributed by atoms with Crippen molar-refractivity contribution in [2.45, 2.75) is 6.92 Å². The minimum atomic E-state index is -0.0891. The van der Waals surface area contributed by atoms with Crippen LogP contribution in [0.4, 0.5) is 5.69 Å². The summed E-state index contributed by atoms with van der Waals surface area (Å²) in [4.78, 5) is 14.8. The number of carbonyl (C=O) groups excluding carboxylic acids is 1. The summed E-state index contributed by atoms with van der Waals surface area (Å²) < 4.78 is 0.550. The lowest BCUT2D eigenvalue weighted by Gasteiger charge is -2.14. The topological polar surface area (TPSA) is 20.3 Å². The highest BCUT2D eigenvalue weighted by atomic mass is 35.5. The van der Waals surface area contributed by atoms with Gasteiger partial charge in [-0.3, -0.25) is 9.69 Å². The van der Waals surface area contributed by atoms with Crippen LogP contribution in [0.2, 0.25) is 5.02 Å². The molecule has 0 bridgehead atoms. The molecule has 0 saturated carbocycles. The van der Waals surface area contributed by atoms with Crippen LogP contribution < -0.4 is 4.90 Å². The molecule has 0 aromatic heterocycles. The molecule has 0 unspecified atom stereocenters. The predicted molar refractivity (Wildman–Crippen MR) is 98.3 cm³/mol. The molecule has 22 heavy (non-hydrogen) atoms. The maximum absolute atomic E-state index is 12.6. The fraction of sp³-hybridized carbons (Fsp3) is 0.0588. The molecule has 5 heteroatoms. The van der Waals surface area contributed by atoms with Crippen LogP contribution in [0.1, 0.15) is 11.1 Å². The monoisotopic (exact) mass is 345 g/mol. The van der Waals surface area contributed by atoms with Gasteiger partial charge in [0.05, 0.1) is 10.6 Å². The summed E-state index contributed by atoms with van der Waals surface area (Å²) in [5.41, 5.74) is 2.87. The Bertz CT molecular complexity index is 766. The quantitative estimate of drug-likeness (QED) is 0.561. The van der Waals surface area contributed by atoms with E-state index in [1.165, 1.54) is 11.8 Å². The first-order valence-corrected chi connectivity index (χ1v) is 8.25. The van der Waals surface area contributed by atoms with Crippen molar-refractivity contribution >= 4 is 57.6 Å². The molecule has 2 aromatic rings. The van der Waals surface area contributed by atoms with E-state index in [2.05, 4.69) is 0 Å². The van der Waals surface area contributed by atoms with Gasteiger partial charge in [-0.1, -0.05) is 65.4 Å². The molecular formula is C17H12ClNOS2. The lowest BCUT2D eigenvalue weighted by molar-refractivity contribution is -0.113. The minimum absolute atomic E-state index is 0.0891. The molecule has 1 amide bonds. The second-order valence-electron chi connectivity index (χ2n) is 4.90. The number of halogens is 1. The smallest absolute Gasteiger partial charge is 0.268 e. The average molecular weight is 346 g/mol. The third-order valence-corrected chi connectivity index (χ3v) is 4.81. The number of thiocarbonyl (C=S) groups is 1. The highest BCUT2D eigenvalue weighted by Crippen LogP contribution is 2.36. The average Bonchev–Trinajstić information content (AvgIpc) is 2.77. The maximum atomic E-state index is 12.6. The third kappa shape index (κ3) is 3.09. The Hall–Kier alpha value is -1.62. The van der Waals surface area contributed by atoms with Gasteiger partial charge in [0.2, 0.25) is 0 Å². The second-order valence-corrected chi connectivity index (χ2v) is 7.02. The molecule has 3 rings (SSSR count). The molecule has 1 fully saturated rings. The summed E-state index contributed by atoms with van der Waals surface area (Å²) in [5, 5.41) is 0.671. The Morgan fingerprint density at radius 1 is 1.09 bits per heavy atom. The van der Waals surface area contributed by atoms with Crippen LogP contribution in [-0.4, -0.2) is 10.2 Å². The molecule has 0 spiro atoms. The number of anilines is 1. The first-order chi connectivity index (χ1) is 10.5. The van der Waals surface area contributed by atoms with Crippen LogP contribution >= 0.6 is 35.6 Å². The molecule has 0 atom stereocenters. The van der Waals surface area contributed by atoms with E-state index in [1.807, 2.05) is 49.4 Å². The molecule has 1 aliphatic heterocycles. The van der Waals surface area contributed by atoms with Crippen molar-refractivity contribution < 1.29 is 4.79 Å². The van der Waals surface area contributed by atoms with E-state index < -0.39 is 0 Å². The molecule has 0 aliphatic carbocycles. The van der Waals surface area contributed by atoms with Gasteiger partial charge in [-0.25, -0.2) is 0 Å². The Morgan fingerprint density at radius 3 is 2.36 bits per heavy atom. The molecule has 1 aliphatic rings. The van der Waals surface area contributed by atoms with Gasteiger partial charge in [0, 0.05) is 5.02 Å². The Kier molecular flexibility index (Phi) is 4.34. The van der Waals surface area contributed by atoms with E-state index in [4.69, 9.17) is 23.8 Å². The minimum Gasteiger partial charge on any atom is -0.268 e. The van der Waals surface area contributed by atoms with Gasteiger partial charge in [-0.15, -0.1) is 0 Å². The number of nitrogens with zero attached hydrogens (tertiary/aromatic N) is 1. The van der Waals surface area contributed by atoms with Crippen molar-refractivity contribution in [2.75, 3.05) is 4.90 Å². The van der Waals surface area contributed by atoms with E-state index in [1.54, 1.807) is 17.0 Å². The molecule has 2 nitrogen and oxygen atoms in total. The number of thioether (sulfide) groups is 1. The Balaban J connectivity index is 1.91. The van der Waals surface area contributed by atoms with Gasteiger partial charge in [0.25, 0.3) is 5.91 Å². The van der Waals surface area contributed by atoms with Crippen molar-refractivity contribution in [3.8, 4) is 0 Å². The Labute approximate surface area is 143 Å². The van der Waals surface area contributed by atoms with Crippen LogP contribution in [0.15, 0.2) is 53.4 Å². The van der Waals surface area contributed by atoms with Gasteiger partial charge in [0.15, 0.2) is 4.32 Å². The van der Waals surface area contributed by atoms with Gasteiger partial charge < -0.3 is 0 Å². The molecular weight excluding hydrogens is 334 g/mol. The van der Waals surface area contributed by atoms with Crippen molar-refractivity contribution in [1.29, 1.82) is 0 Å². The van der Waals surface area contributed by atoms with E-state index >= 15 is 0 Å². The zero-order chi connectivity index (χ0) is 15.7. The number of rotatable bonds is 2. The summed E-state index contributed by atoms with van der Waals surface area (Å²) in [6.07, 6.45) is 1.84. The summed E-state index contributed by atoms with van der Waals surface area (Å²) in [7, 11) is 0. The maximum Gasteiger partial charge on any atom is 0.270 e. The van der Waals surface area contributed by atoms with E-state index in [9.17, 15) is 4.79 Å². The molecule has 2 aromatic carbocycles. The molecule has 0 radical (unpaired) electrons. The van der Waals surface area contributed by atoms with E-state index in [0.717, 1.165) is 16.8 Å². The Morgan fingerprint density at radius 2 is 1.73 bits per heavy atom. The van der Waals surface area contributed by atoms with E-state index in [0.29, 0.717) is 14.2 Å². The molecule has 1 saturated heterocycles. The molecule has 110 valence electrons. The van der Waals surface area contributed by atoms with Gasteiger partial charge in [0.1, 0.15) is 0 Å². The molecule has 0 N–H and O–H groups in total. The van der Waals surface area contributed by atoms with Crippen molar-refractivity contribution in [2.24, 2.45) is 0 Å². The fourth-order valence-electron chi connectivity index (χ4n) is 2.09. The number of benzene rings is 2. The van der Waals surface area contributed by atoms with Crippen molar-refractivity contribution in [3.63, 3.8) is 0 Å². The standard InChI is InChI=1S/C17H12ClNOS2/c1-11-2-8-14(9-3-11)19-16(20)15(22-17(19)21)10-12-4-6-13(18)7-5-12/h2-10H,1H3. The normalized spacial score (nSPS) is 16.6. The molecule has 1 heterocycles. The van der Waals surface area contributed by atoms with Crippen LogP contribution in [0.3, 0.4) is 0 Å². The summed E-state index contributed by atoms with van der Waals surface area (Å²) >= 11 is 12.5. The third-order valence-electron chi connectivity index (χ3n) is 3.25. The number of amides is 1. The fourth-order valence-corrected chi connectivity index (χ4v) is 3.52. The number of hydrogen-bond acceptors (Lipinski definition) is 3. The highest BCUT2D eigenvalue weighted by molar-refractivity contribution is 8.27. The van der Waals surface area contributed by atoms with Crippen molar-refractivity contribution in [3.05, 3.63) is 69.6 Å². The highest BCUT2D eigenvalue weighted by Gasteiger charge is 2.33. The number of aryl methyl sites for hydroxylation is 1. The largest absolute Gasteiger partial charge is 0.270 e. The van der Waals surface area contributed by atoms with Crippen LogP contribution in [0.5, 0.6) is 0 Å². The van der Waals surface area contributed by atoms with Crippen molar-refractivity contribution in [1.82, 2.24) is 0 Å².